The number of hydrogen-bond acceptors (Lipinski definition) is 4. The highest BCUT2D eigenvalue weighted by atomic mass is 16.4. The number of aromatic nitrogens is 1. The van der Waals surface area contributed by atoms with Crippen LogP contribution in [0, 0.1) is 0 Å². The van der Waals surface area contributed by atoms with Crippen LogP contribution in [-0.4, -0.2) is 34.6 Å². The van der Waals surface area contributed by atoms with Crippen molar-refractivity contribution >= 4 is 5.97 Å². The molecule has 0 aromatic carbocycles. The molecule has 1 aromatic rings. The van der Waals surface area contributed by atoms with Crippen molar-refractivity contribution in [3.63, 3.8) is 0 Å². The zero-order chi connectivity index (χ0) is 10.1. The van der Waals surface area contributed by atoms with Gasteiger partial charge in [0.05, 0.1) is 5.69 Å². The van der Waals surface area contributed by atoms with E-state index < -0.39 is 5.97 Å². The predicted molar refractivity (Wildman–Crippen MR) is 47.9 cm³/mol. The fourth-order valence-electron chi connectivity index (χ4n) is 1.59. The number of rotatable bonds is 2. The molecule has 0 aliphatic carbocycles. The highest BCUT2D eigenvalue weighted by molar-refractivity contribution is 5.68. The Labute approximate surface area is 81.3 Å². The molecular weight excluding hydrogens is 184 g/mol. The summed E-state index contributed by atoms with van der Waals surface area (Å²) >= 11 is 0. The van der Waals surface area contributed by atoms with E-state index >= 15 is 0 Å². The van der Waals surface area contributed by atoms with Crippen molar-refractivity contribution in [1.29, 1.82) is 0 Å². The summed E-state index contributed by atoms with van der Waals surface area (Å²) in [5.41, 5.74) is 0.884. The number of oxazole rings is 1. The van der Waals surface area contributed by atoms with E-state index in [2.05, 4.69) is 9.88 Å². The minimum Gasteiger partial charge on any atom is -0.481 e. The molecule has 0 spiro atoms. The topological polar surface area (TPSA) is 66.6 Å². The van der Waals surface area contributed by atoms with Crippen LogP contribution in [0.5, 0.6) is 0 Å². The Morgan fingerprint density at radius 1 is 1.71 bits per heavy atom. The van der Waals surface area contributed by atoms with Crippen molar-refractivity contribution in [3.05, 3.63) is 17.3 Å². The molecule has 1 aliphatic rings. The fourth-order valence-corrected chi connectivity index (χ4v) is 1.59. The van der Waals surface area contributed by atoms with Crippen LogP contribution in [0.4, 0.5) is 0 Å². The summed E-state index contributed by atoms with van der Waals surface area (Å²) < 4.78 is 5.35. The van der Waals surface area contributed by atoms with Crippen LogP contribution in [0.25, 0.3) is 0 Å². The number of carboxylic acids is 1. The van der Waals surface area contributed by atoms with E-state index in [1.165, 1.54) is 0 Å². The number of aliphatic carboxylic acids is 1. The maximum atomic E-state index is 10.4. The molecule has 1 N–H and O–H groups in total. The highest BCUT2D eigenvalue weighted by Crippen LogP contribution is 2.18. The Balaban J connectivity index is 2.19. The first-order valence-corrected chi connectivity index (χ1v) is 4.53. The molecule has 0 unspecified atom stereocenters. The molecule has 76 valence electrons. The number of likely N-dealkylation sites (N-methyl/N-ethyl adjacent to an activating group) is 1. The smallest absolute Gasteiger partial charge is 0.312 e. The standard InChI is InChI=1S/C9H12N2O3/c1-11-3-2-7-6(5-11)10-8(14-7)4-9(12)13/h2-5H2,1H3,(H,12,13). The fraction of sp³-hybridized carbons (Fsp3) is 0.556. The molecule has 0 amide bonds. The lowest BCUT2D eigenvalue weighted by atomic mass is 10.2. The van der Waals surface area contributed by atoms with Gasteiger partial charge in [0.15, 0.2) is 0 Å². The van der Waals surface area contributed by atoms with E-state index in [4.69, 9.17) is 9.52 Å². The number of fused-ring (bicyclic) bond motifs is 1. The average Bonchev–Trinajstić information content (AvgIpc) is 2.44. The van der Waals surface area contributed by atoms with Gasteiger partial charge >= 0.3 is 5.97 Å². The molecule has 14 heavy (non-hydrogen) atoms. The van der Waals surface area contributed by atoms with E-state index in [0.717, 1.165) is 31.0 Å². The molecule has 1 aromatic heterocycles. The summed E-state index contributed by atoms with van der Waals surface area (Å²) in [5.74, 6) is 0.258. The maximum Gasteiger partial charge on any atom is 0.312 e. The lowest BCUT2D eigenvalue weighted by Gasteiger charge is -2.19. The SMILES string of the molecule is CN1CCc2oc(CC(=O)O)nc2C1. The lowest BCUT2D eigenvalue weighted by molar-refractivity contribution is -0.136. The van der Waals surface area contributed by atoms with E-state index in [0.29, 0.717) is 5.89 Å². The summed E-state index contributed by atoms with van der Waals surface area (Å²) in [6.45, 7) is 1.69. The van der Waals surface area contributed by atoms with Gasteiger partial charge in [0.1, 0.15) is 12.2 Å². The molecule has 1 aliphatic heterocycles. The first-order chi connectivity index (χ1) is 6.65. The zero-order valence-corrected chi connectivity index (χ0v) is 7.99. The van der Waals surface area contributed by atoms with Crippen molar-refractivity contribution in [2.24, 2.45) is 0 Å². The van der Waals surface area contributed by atoms with Gasteiger partial charge in [-0.3, -0.25) is 9.69 Å². The highest BCUT2D eigenvalue weighted by Gasteiger charge is 2.20. The molecule has 0 saturated carbocycles. The molecule has 5 nitrogen and oxygen atoms in total. The van der Waals surface area contributed by atoms with Crippen LogP contribution in [-0.2, 0) is 24.2 Å². The minimum absolute atomic E-state index is 0.128. The van der Waals surface area contributed by atoms with Crippen LogP contribution in [0.15, 0.2) is 4.42 Å². The van der Waals surface area contributed by atoms with Gasteiger partial charge in [-0.15, -0.1) is 0 Å². The number of nitrogens with zero attached hydrogens (tertiary/aromatic N) is 2. The summed E-state index contributed by atoms with van der Waals surface area (Å²) in [4.78, 5) is 16.7. The predicted octanol–water partition coefficient (Wildman–Crippen LogP) is 0.290. The minimum atomic E-state index is -0.906. The number of hydrogen-bond donors (Lipinski definition) is 1. The molecule has 0 bridgehead atoms. The zero-order valence-electron chi connectivity index (χ0n) is 7.99. The van der Waals surface area contributed by atoms with Gasteiger partial charge in [0, 0.05) is 19.5 Å². The van der Waals surface area contributed by atoms with E-state index in [9.17, 15) is 4.79 Å². The Hall–Kier alpha value is -1.36. The first kappa shape index (κ1) is 9.21. The van der Waals surface area contributed by atoms with E-state index in [-0.39, 0.29) is 6.42 Å². The van der Waals surface area contributed by atoms with Crippen LogP contribution < -0.4 is 0 Å². The van der Waals surface area contributed by atoms with Crippen molar-refractivity contribution in [1.82, 2.24) is 9.88 Å². The van der Waals surface area contributed by atoms with Crippen molar-refractivity contribution in [2.75, 3.05) is 13.6 Å². The molecule has 2 heterocycles. The Morgan fingerprint density at radius 3 is 3.21 bits per heavy atom. The monoisotopic (exact) mass is 196 g/mol. The van der Waals surface area contributed by atoms with Gasteiger partial charge in [-0.25, -0.2) is 4.98 Å². The maximum absolute atomic E-state index is 10.4. The average molecular weight is 196 g/mol. The molecule has 2 rings (SSSR count). The molecule has 0 atom stereocenters. The molecular formula is C9H12N2O3. The number of carboxylic acid groups (broad SMARTS) is 1. The van der Waals surface area contributed by atoms with Crippen LogP contribution in [0.3, 0.4) is 0 Å². The first-order valence-electron chi connectivity index (χ1n) is 4.53. The summed E-state index contributed by atoms with van der Waals surface area (Å²) in [6.07, 6.45) is 0.690. The van der Waals surface area contributed by atoms with Crippen molar-refractivity contribution in [2.45, 2.75) is 19.4 Å². The van der Waals surface area contributed by atoms with Crippen molar-refractivity contribution < 1.29 is 14.3 Å². The second kappa shape index (κ2) is 3.42. The number of carbonyl (C=O) groups is 1. The third-order valence-electron chi connectivity index (χ3n) is 2.27. The van der Waals surface area contributed by atoms with Crippen LogP contribution in [0.1, 0.15) is 17.3 Å². The van der Waals surface area contributed by atoms with E-state index in [1.54, 1.807) is 0 Å². The second-order valence-electron chi connectivity index (χ2n) is 3.54. The molecule has 0 radical (unpaired) electrons. The van der Waals surface area contributed by atoms with Crippen LogP contribution >= 0.6 is 0 Å². The Kier molecular flexibility index (Phi) is 2.25. The van der Waals surface area contributed by atoms with Crippen molar-refractivity contribution in [3.8, 4) is 0 Å². The van der Waals surface area contributed by atoms with E-state index in [1.807, 2.05) is 7.05 Å². The summed E-state index contributed by atoms with van der Waals surface area (Å²) in [5, 5.41) is 8.57. The Bertz CT molecular complexity index is 359. The lowest BCUT2D eigenvalue weighted by Crippen LogP contribution is -2.25. The van der Waals surface area contributed by atoms with Gasteiger partial charge in [0.25, 0.3) is 0 Å². The molecule has 0 fully saturated rings. The normalized spacial score (nSPS) is 16.6. The third kappa shape index (κ3) is 1.77. The largest absolute Gasteiger partial charge is 0.481 e. The summed E-state index contributed by atoms with van der Waals surface area (Å²) in [7, 11) is 2.01. The molecule has 0 saturated heterocycles. The van der Waals surface area contributed by atoms with Gasteiger partial charge in [-0.05, 0) is 7.05 Å². The quantitative estimate of drug-likeness (QED) is 0.736. The van der Waals surface area contributed by atoms with Gasteiger partial charge in [-0.2, -0.15) is 0 Å². The second-order valence-corrected chi connectivity index (χ2v) is 3.54. The van der Waals surface area contributed by atoms with Gasteiger partial charge in [-0.1, -0.05) is 0 Å². The van der Waals surface area contributed by atoms with Gasteiger partial charge in [0.2, 0.25) is 5.89 Å². The summed E-state index contributed by atoms with van der Waals surface area (Å²) in [6, 6.07) is 0. The Morgan fingerprint density at radius 2 is 2.50 bits per heavy atom. The van der Waals surface area contributed by atoms with Gasteiger partial charge < -0.3 is 9.52 Å². The van der Waals surface area contributed by atoms with Crippen LogP contribution in [0.2, 0.25) is 0 Å². The molecule has 5 heteroatoms. The third-order valence-corrected chi connectivity index (χ3v) is 2.27.